The molecule has 1 spiro atoms. The summed E-state index contributed by atoms with van der Waals surface area (Å²) < 4.78 is 16.5. The fourth-order valence-electron chi connectivity index (χ4n) is 4.25. The number of thioether (sulfide) groups is 1. The van der Waals surface area contributed by atoms with Crippen LogP contribution in [-0.4, -0.2) is 37.5 Å². The maximum atomic E-state index is 10.1. The standard InChI is InChI=1S/C17H16N4O3S/c1-22-11-4-3-10(7-12(11)23-2)13-15(8-18)14(20)21-17(16(13,15)9-19)24-5-6-25-17/h3-4,7,13H,5-6H2,1-2H3,(H2,20,21)/t13-,15+,16+,17+/m0/s1. The molecule has 4 rings (SSSR count). The highest BCUT2D eigenvalue weighted by Crippen LogP contribution is 2.84. The highest BCUT2D eigenvalue weighted by molar-refractivity contribution is 8.00. The molecule has 4 atom stereocenters. The van der Waals surface area contributed by atoms with Crippen LogP contribution in [0.3, 0.4) is 0 Å². The van der Waals surface area contributed by atoms with Gasteiger partial charge in [-0.15, -0.1) is 0 Å². The highest BCUT2D eigenvalue weighted by atomic mass is 32.2. The quantitative estimate of drug-likeness (QED) is 0.875. The number of methoxy groups -OCH3 is 2. The van der Waals surface area contributed by atoms with Gasteiger partial charge in [0.15, 0.2) is 16.9 Å². The summed E-state index contributed by atoms with van der Waals surface area (Å²) in [5.74, 6) is 1.57. The third-order valence-electron chi connectivity index (χ3n) is 5.35. The SMILES string of the molecule is COc1ccc([C@@H]2[C@@]3(C#N)[C@@]4(N=C(N)[C@@]23C#N)OCCS4)cc1OC. The summed E-state index contributed by atoms with van der Waals surface area (Å²) in [5, 5.41) is 18.9. The summed E-state index contributed by atoms with van der Waals surface area (Å²) in [7, 11) is 3.10. The molecule has 0 amide bonds. The molecular weight excluding hydrogens is 340 g/mol. The minimum atomic E-state index is -1.18. The minimum Gasteiger partial charge on any atom is -0.493 e. The Labute approximate surface area is 149 Å². The summed E-state index contributed by atoms with van der Waals surface area (Å²) in [6, 6.07) is 10.0. The molecule has 2 N–H and O–H groups in total. The number of aliphatic imine (C=N–C) groups is 1. The molecule has 0 unspecified atom stereocenters. The van der Waals surface area contributed by atoms with Crippen molar-refractivity contribution in [3.63, 3.8) is 0 Å². The fraction of sp³-hybridized carbons (Fsp3) is 0.471. The lowest BCUT2D eigenvalue weighted by Crippen LogP contribution is -2.34. The van der Waals surface area contributed by atoms with Crippen molar-refractivity contribution in [2.24, 2.45) is 21.6 Å². The lowest BCUT2D eigenvalue weighted by Gasteiger charge is -2.26. The Morgan fingerprint density at radius 1 is 1.28 bits per heavy atom. The van der Waals surface area contributed by atoms with Gasteiger partial charge in [0.05, 0.1) is 33.0 Å². The van der Waals surface area contributed by atoms with Gasteiger partial charge < -0.3 is 19.9 Å². The smallest absolute Gasteiger partial charge is 0.230 e. The number of benzene rings is 1. The molecule has 0 aromatic heterocycles. The van der Waals surface area contributed by atoms with Gasteiger partial charge in [-0.3, -0.25) is 0 Å². The third-order valence-corrected chi connectivity index (χ3v) is 6.64. The Kier molecular flexibility index (Phi) is 3.24. The summed E-state index contributed by atoms with van der Waals surface area (Å²) in [6.45, 7) is 0.477. The first-order chi connectivity index (χ1) is 12.1. The Hall–Kier alpha value is -2.42. The van der Waals surface area contributed by atoms with Crippen LogP contribution in [0.1, 0.15) is 11.5 Å². The van der Waals surface area contributed by atoms with Crippen molar-refractivity contribution >= 4 is 17.6 Å². The number of ether oxygens (including phenoxy) is 3. The summed E-state index contributed by atoms with van der Waals surface area (Å²) in [6.07, 6.45) is 0. The van der Waals surface area contributed by atoms with Crippen LogP contribution in [0.2, 0.25) is 0 Å². The molecular formula is C17H16N4O3S. The molecule has 1 saturated carbocycles. The van der Waals surface area contributed by atoms with Crippen molar-refractivity contribution in [2.75, 3.05) is 26.6 Å². The van der Waals surface area contributed by atoms with Crippen LogP contribution >= 0.6 is 11.8 Å². The molecule has 8 heteroatoms. The molecule has 1 aromatic rings. The summed E-state index contributed by atoms with van der Waals surface area (Å²) in [4.78, 5) is 4.42. The van der Waals surface area contributed by atoms with E-state index in [1.165, 1.54) is 11.8 Å². The van der Waals surface area contributed by atoms with Gasteiger partial charge >= 0.3 is 0 Å². The van der Waals surface area contributed by atoms with E-state index in [-0.39, 0.29) is 5.84 Å². The van der Waals surface area contributed by atoms with Crippen LogP contribution in [0.15, 0.2) is 23.2 Å². The maximum absolute atomic E-state index is 10.1. The summed E-state index contributed by atoms with van der Waals surface area (Å²) in [5.41, 5.74) is 4.63. The number of nitrogens with zero attached hydrogens (tertiary/aromatic N) is 3. The van der Waals surface area contributed by atoms with Gasteiger partial charge in [-0.25, -0.2) is 4.99 Å². The lowest BCUT2D eigenvalue weighted by molar-refractivity contribution is 0.0200. The Morgan fingerprint density at radius 3 is 2.60 bits per heavy atom. The van der Waals surface area contributed by atoms with E-state index in [4.69, 9.17) is 19.9 Å². The van der Waals surface area contributed by atoms with E-state index in [1.54, 1.807) is 26.4 Å². The molecule has 1 aromatic carbocycles. The lowest BCUT2D eigenvalue weighted by atomic mass is 9.95. The number of hydrogen-bond acceptors (Lipinski definition) is 8. The topological polar surface area (TPSA) is 114 Å². The number of amidine groups is 1. The van der Waals surface area contributed by atoms with Gasteiger partial charge in [-0.05, 0) is 17.7 Å². The Bertz CT molecular complexity index is 868. The van der Waals surface area contributed by atoms with Crippen LogP contribution in [0, 0.1) is 33.5 Å². The largest absolute Gasteiger partial charge is 0.493 e. The van der Waals surface area contributed by atoms with Gasteiger partial charge in [0.2, 0.25) is 5.06 Å². The van der Waals surface area contributed by atoms with Crippen molar-refractivity contribution in [1.29, 1.82) is 10.5 Å². The number of rotatable bonds is 3. The molecule has 7 nitrogen and oxygen atoms in total. The van der Waals surface area contributed by atoms with Crippen LogP contribution in [0.25, 0.3) is 0 Å². The molecule has 2 heterocycles. The van der Waals surface area contributed by atoms with E-state index in [2.05, 4.69) is 17.1 Å². The molecule has 1 aliphatic carbocycles. The molecule has 25 heavy (non-hydrogen) atoms. The average Bonchev–Trinajstić information content (AvgIpc) is 2.89. The second-order valence-corrected chi connectivity index (χ2v) is 7.41. The minimum absolute atomic E-state index is 0.172. The molecule has 128 valence electrons. The molecule has 2 aliphatic heterocycles. The third kappa shape index (κ3) is 1.57. The predicted octanol–water partition coefficient (Wildman–Crippen LogP) is 1.61. The van der Waals surface area contributed by atoms with Gasteiger partial charge in [0.25, 0.3) is 0 Å². The molecule has 0 radical (unpaired) electrons. The zero-order valence-corrected chi connectivity index (χ0v) is 14.6. The second-order valence-electron chi connectivity index (χ2n) is 6.16. The van der Waals surface area contributed by atoms with Crippen molar-refractivity contribution < 1.29 is 14.2 Å². The Balaban J connectivity index is 1.89. The normalized spacial score (nSPS) is 37.8. The first-order valence-electron chi connectivity index (χ1n) is 7.75. The number of fused-ring (bicyclic) bond motifs is 2. The zero-order valence-electron chi connectivity index (χ0n) is 13.8. The van der Waals surface area contributed by atoms with E-state index in [1.807, 2.05) is 6.07 Å². The van der Waals surface area contributed by atoms with E-state index in [0.717, 1.165) is 5.56 Å². The van der Waals surface area contributed by atoms with E-state index >= 15 is 0 Å². The van der Waals surface area contributed by atoms with Crippen molar-refractivity contribution in [3.8, 4) is 23.6 Å². The van der Waals surface area contributed by atoms with Crippen LogP contribution in [0.4, 0.5) is 0 Å². The average molecular weight is 356 g/mol. The molecule has 1 saturated heterocycles. The van der Waals surface area contributed by atoms with Gasteiger partial charge in [0, 0.05) is 11.7 Å². The number of nitrogens with two attached hydrogens (primary N) is 1. The molecule has 0 bridgehead atoms. The second kappa shape index (κ2) is 5.04. The first-order valence-corrected chi connectivity index (χ1v) is 8.73. The highest BCUT2D eigenvalue weighted by Gasteiger charge is 2.93. The van der Waals surface area contributed by atoms with E-state index in [0.29, 0.717) is 23.9 Å². The predicted molar refractivity (Wildman–Crippen MR) is 91.1 cm³/mol. The van der Waals surface area contributed by atoms with Crippen LogP contribution < -0.4 is 15.2 Å². The van der Waals surface area contributed by atoms with Gasteiger partial charge in [-0.1, -0.05) is 17.8 Å². The van der Waals surface area contributed by atoms with Crippen LogP contribution in [0.5, 0.6) is 11.5 Å². The van der Waals surface area contributed by atoms with E-state index in [9.17, 15) is 10.5 Å². The van der Waals surface area contributed by atoms with Crippen molar-refractivity contribution in [3.05, 3.63) is 23.8 Å². The van der Waals surface area contributed by atoms with Crippen molar-refractivity contribution in [2.45, 2.75) is 11.0 Å². The first kappa shape index (κ1) is 16.1. The van der Waals surface area contributed by atoms with E-state index < -0.39 is 21.8 Å². The van der Waals surface area contributed by atoms with Gasteiger partial charge in [-0.2, -0.15) is 10.5 Å². The molecule has 3 aliphatic rings. The van der Waals surface area contributed by atoms with Gasteiger partial charge in [0.1, 0.15) is 11.3 Å². The number of hydrogen-bond donors (Lipinski definition) is 1. The fourth-order valence-corrected chi connectivity index (χ4v) is 5.58. The summed E-state index contributed by atoms with van der Waals surface area (Å²) >= 11 is 1.44. The number of nitriles is 2. The van der Waals surface area contributed by atoms with Crippen molar-refractivity contribution in [1.82, 2.24) is 0 Å². The monoisotopic (exact) mass is 356 g/mol. The van der Waals surface area contributed by atoms with Crippen LogP contribution in [-0.2, 0) is 4.74 Å². The maximum Gasteiger partial charge on any atom is 0.230 e. The Morgan fingerprint density at radius 2 is 2.04 bits per heavy atom. The zero-order chi connectivity index (χ0) is 17.9. The molecule has 2 fully saturated rings.